The summed E-state index contributed by atoms with van der Waals surface area (Å²) in [4.78, 5) is 10.5. The normalized spacial score (nSPS) is 14.4. The highest BCUT2D eigenvalue weighted by Crippen LogP contribution is 2.29. The second kappa shape index (κ2) is 4.82. The number of rotatable bonds is 4. The largest absolute Gasteiger partial charge is 0.504 e. The van der Waals surface area contributed by atoms with Gasteiger partial charge in [0.15, 0.2) is 11.5 Å². The number of carbonyl (C=O) groups excluding carboxylic acids is 1. The molecule has 6 nitrogen and oxygen atoms in total. The zero-order valence-electron chi connectivity index (χ0n) is 8.37. The molecular weight excluding hydrogens is 214 g/mol. The molecule has 1 amide bonds. The van der Waals surface area contributed by atoms with Gasteiger partial charge in [0.05, 0.1) is 12.5 Å². The zero-order chi connectivity index (χ0) is 12.3. The fourth-order valence-corrected chi connectivity index (χ4v) is 1.26. The molecular formula is C10H13NO5. The molecule has 6 N–H and O–H groups in total. The number of nitrogens with two attached hydrogens (primary N) is 1. The molecule has 1 aromatic carbocycles. The summed E-state index contributed by atoms with van der Waals surface area (Å²) >= 11 is 0. The Bertz CT molecular complexity index is 393. The number of amides is 1. The summed E-state index contributed by atoms with van der Waals surface area (Å²) in [6, 6.07) is 3.60. The summed E-state index contributed by atoms with van der Waals surface area (Å²) in [5, 5.41) is 37.2. The quantitative estimate of drug-likeness (QED) is 0.438. The Labute approximate surface area is 91.6 Å². The highest BCUT2D eigenvalue weighted by atomic mass is 16.3. The Morgan fingerprint density at radius 3 is 2.38 bits per heavy atom. The maximum absolute atomic E-state index is 10.5. The summed E-state index contributed by atoms with van der Waals surface area (Å²) in [5.74, 6) is -1.49. The topological polar surface area (TPSA) is 124 Å². The number of aliphatic hydroxyl groups is 2. The van der Waals surface area contributed by atoms with Crippen molar-refractivity contribution >= 4 is 5.91 Å². The van der Waals surface area contributed by atoms with E-state index in [0.29, 0.717) is 0 Å². The number of primary amides is 1. The van der Waals surface area contributed by atoms with Crippen molar-refractivity contribution < 1.29 is 25.2 Å². The molecule has 2 unspecified atom stereocenters. The third-order valence-electron chi connectivity index (χ3n) is 2.12. The minimum absolute atomic E-state index is 0.184. The minimum atomic E-state index is -1.35. The SMILES string of the molecule is NC(=O)CC(O)C(O)c1ccc(O)c(O)c1. The van der Waals surface area contributed by atoms with Crippen molar-refractivity contribution in [2.24, 2.45) is 5.73 Å². The molecule has 88 valence electrons. The number of carbonyl (C=O) groups is 1. The number of hydrogen-bond acceptors (Lipinski definition) is 5. The maximum Gasteiger partial charge on any atom is 0.220 e. The summed E-state index contributed by atoms with van der Waals surface area (Å²) < 4.78 is 0. The molecule has 1 aromatic rings. The lowest BCUT2D eigenvalue weighted by molar-refractivity contribution is -0.121. The number of aliphatic hydroxyl groups excluding tert-OH is 2. The van der Waals surface area contributed by atoms with Crippen molar-refractivity contribution in [1.29, 1.82) is 0 Å². The molecule has 0 saturated heterocycles. The van der Waals surface area contributed by atoms with Crippen LogP contribution in [0.4, 0.5) is 0 Å². The van der Waals surface area contributed by atoms with E-state index in [9.17, 15) is 20.1 Å². The molecule has 0 saturated carbocycles. The van der Waals surface area contributed by atoms with Crippen LogP contribution in [0.3, 0.4) is 0 Å². The van der Waals surface area contributed by atoms with E-state index in [0.717, 1.165) is 6.07 Å². The van der Waals surface area contributed by atoms with Crippen molar-refractivity contribution in [3.05, 3.63) is 23.8 Å². The van der Waals surface area contributed by atoms with Gasteiger partial charge in [-0.2, -0.15) is 0 Å². The average molecular weight is 227 g/mol. The van der Waals surface area contributed by atoms with E-state index in [1.807, 2.05) is 0 Å². The van der Waals surface area contributed by atoms with E-state index >= 15 is 0 Å². The fourth-order valence-electron chi connectivity index (χ4n) is 1.26. The molecule has 1 rings (SSSR count). The summed E-state index contributed by atoms with van der Waals surface area (Å²) in [6.07, 6.45) is -3.08. The van der Waals surface area contributed by atoms with Crippen LogP contribution in [0.25, 0.3) is 0 Å². The smallest absolute Gasteiger partial charge is 0.220 e. The molecule has 0 spiro atoms. The van der Waals surface area contributed by atoms with Gasteiger partial charge in [-0.25, -0.2) is 0 Å². The van der Waals surface area contributed by atoms with Crippen LogP contribution in [0.2, 0.25) is 0 Å². The van der Waals surface area contributed by atoms with Gasteiger partial charge in [0, 0.05) is 0 Å². The standard InChI is InChI=1S/C10H13NO5/c11-9(15)4-8(14)10(16)5-1-2-6(12)7(13)3-5/h1-3,8,10,12-14,16H,4H2,(H2,11,15). The molecule has 2 atom stereocenters. The first-order valence-electron chi connectivity index (χ1n) is 4.58. The van der Waals surface area contributed by atoms with Gasteiger partial charge in [0.2, 0.25) is 5.91 Å². The lowest BCUT2D eigenvalue weighted by atomic mass is 10.0. The molecule has 16 heavy (non-hydrogen) atoms. The lowest BCUT2D eigenvalue weighted by Crippen LogP contribution is -2.25. The predicted molar refractivity (Wildman–Crippen MR) is 54.5 cm³/mol. The van der Waals surface area contributed by atoms with Crippen molar-refractivity contribution in [2.45, 2.75) is 18.6 Å². The second-order valence-corrected chi connectivity index (χ2v) is 3.43. The first-order valence-corrected chi connectivity index (χ1v) is 4.58. The molecule has 0 fully saturated rings. The summed E-state index contributed by atoms with van der Waals surface area (Å²) in [6.45, 7) is 0. The van der Waals surface area contributed by atoms with Gasteiger partial charge >= 0.3 is 0 Å². The van der Waals surface area contributed by atoms with Crippen LogP contribution < -0.4 is 5.73 Å². The first-order chi connectivity index (χ1) is 7.41. The Balaban J connectivity index is 2.83. The first kappa shape index (κ1) is 12.3. The minimum Gasteiger partial charge on any atom is -0.504 e. The van der Waals surface area contributed by atoms with Crippen LogP contribution in [0, 0.1) is 0 Å². The fraction of sp³-hybridized carbons (Fsp3) is 0.300. The third-order valence-corrected chi connectivity index (χ3v) is 2.12. The van der Waals surface area contributed by atoms with Gasteiger partial charge in [0.1, 0.15) is 6.10 Å². The molecule has 6 heteroatoms. The molecule has 0 aliphatic heterocycles. The molecule has 0 radical (unpaired) electrons. The second-order valence-electron chi connectivity index (χ2n) is 3.43. The summed E-state index contributed by atoms with van der Waals surface area (Å²) in [5.41, 5.74) is 5.05. The number of benzene rings is 1. The Hall–Kier alpha value is -1.79. The van der Waals surface area contributed by atoms with Gasteiger partial charge in [-0.3, -0.25) is 4.79 Å². The van der Waals surface area contributed by atoms with Crippen LogP contribution in [0.5, 0.6) is 11.5 Å². The van der Waals surface area contributed by atoms with E-state index in [4.69, 9.17) is 10.8 Å². The highest BCUT2D eigenvalue weighted by molar-refractivity contribution is 5.74. The Morgan fingerprint density at radius 1 is 1.25 bits per heavy atom. The Kier molecular flexibility index (Phi) is 3.70. The van der Waals surface area contributed by atoms with Crippen molar-refractivity contribution in [1.82, 2.24) is 0 Å². The zero-order valence-corrected chi connectivity index (χ0v) is 8.37. The molecule has 0 heterocycles. The van der Waals surface area contributed by atoms with E-state index in [2.05, 4.69) is 0 Å². The molecule has 0 aliphatic carbocycles. The van der Waals surface area contributed by atoms with Crippen LogP contribution in [0.1, 0.15) is 18.1 Å². The van der Waals surface area contributed by atoms with Crippen molar-refractivity contribution in [2.75, 3.05) is 0 Å². The van der Waals surface area contributed by atoms with E-state index < -0.39 is 23.9 Å². The molecule has 0 aromatic heterocycles. The van der Waals surface area contributed by atoms with Gasteiger partial charge < -0.3 is 26.2 Å². The van der Waals surface area contributed by atoms with Crippen LogP contribution in [0.15, 0.2) is 18.2 Å². The summed E-state index contributed by atoms with van der Waals surface area (Å²) in [7, 11) is 0. The van der Waals surface area contributed by atoms with Crippen molar-refractivity contribution in [3.8, 4) is 11.5 Å². The Morgan fingerprint density at radius 2 is 1.88 bits per heavy atom. The maximum atomic E-state index is 10.5. The van der Waals surface area contributed by atoms with E-state index in [1.54, 1.807) is 0 Å². The van der Waals surface area contributed by atoms with Gasteiger partial charge in [-0.1, -0.05) is 6.07 Å². The number of aromatic hydroxyl groups is 2. The van der Waals surface area contributed by atoms with Crippen molar-refractivity contribution in [3.63, 3.8) is 0 Å². The van der Waals surface area contributed by atoms with E-state index in [-0.39, 0.29) is 17.7 Å². The van der Waals surface area contributed by atoms with Gasteiger partial charge in [-0.15, -0.1) is 0 Å². The predicted octanol–water partition coefficient (Wildman–Crippen LogP) is -0.633. The van der Waals surface area contributed by atoms with Crippen LogP contribution in [-0.2, 0) is 4.79 Å². The number of phenolic OH excluding ortho intramolecular Hbond substituents is 2. The number of hydrogen-bond donors (Lipinski definition) is 5. The number of phenols is 2. The lowest BCUT2D eigenvalue weighted by Gasteiger charge is -2.17. The monoisotopic (exact) mass is 227 g/mol. The molecule has 0 bridgehead atoms. The average Bonchev–Trinajstić information content (AvgIpc) is 2.20. The van der Waals surface area contributed by atoms with Gasteiger partial charge in [-0.05, 0) is 17.7 Å². The molecule has 0 aliphatic rings. The van der Waals surface area contributed by atoms with Gasteiger partial charge in [0.25, 0.3) is 0 Å². The van der Waals surface area contributed by atoms with Crippen LogP contribution >= 0.6 is 0 Å². The highest BCUT2D eigenvalue weighted by Gasteiger charge is 2.21. The third kappa shape index (κ3) is 2.85. The van der Waals surface area contributed by atoms with E-state index in [1.165, 1.54) is 12.1 Å². The van der Waals surface area contributed by atoms with Crippen LogP contribution in [-0.4, -0.2) is 32.4 Å².